The largest absolute Gasteiger partial charge is 0.473 e. The molecule has 0 spiro atoms. The van der Waals surface area contributed by atoms with Crippen LogP contribution in [-0.2, 0) is 6.42 Å². The van der Waals surface area contributed by atoms with Gasteiger partial charge in [-0.1, -0.05) is 35.3 Å². The van der Waals surface area contributed by atoms with Gasteiger partial charge in [-0.3, -0.25) is 0 Å². The minimum atomic E-state index is -0.275. The maximum Gasteiger partial charge on any atom is 0.317 e. The van der Waals surface area contributed by atoms with Gasteiger partial charge in [-0.15, -0.1) is 0 Å². The van der Waals surface area contributed by atoms with Gasteiger partial charge >= 0.3 is 6.03 Å². The molecule has 22 heavy (non-hydrogen) atoms. The molecule has 0 unspecified atom stereocenters. The Kier molecular flexibility index (Phi) is 6.37. The molecule has 0 radical (unpaired) electrons. The van der Waals surface area contributed by atoms with Crippen molar-refractivity contribution in [1.82, 2.24) is 10.6 Å². The van der Waals surface area contributed by atoms with Crippen LogP contribution >= 0.6 is 23.2 Å². The van der Waals surface area contributed by atoms with E-state index in [1.165, 1.54) is 0 Å². The average molecular weight is 339 g/mol. The third-order valence-electron chi connectivity index (χ3n) is 2.90. The smallest absolute Gasteiger partial charge is 0.317 e. The zero-order valence-electron chi connectivity index (χ0n) is 11.8. The van der Waals surface area contributed by atoms with E-state index in [1.54, 1.807) is 24.3 Å². The van der Waals surface area contributed by atoms with Crippen LogP contribution in [0.3, 0.4) is 0 Å². The van der Waals surface area contributed by atoms with E-state index < -0.39 is 0 Å². The number of urea groups is 1. The molecule has 6 heteroatoms. The number of hydrogen-bond donors (Lipinski definition) is 2. The molecule has 2 N–H and O–H groups in total. The molecule has 4 nitrogen and oxygen atoms in total. The third kappa shape index (κ3) is 5.84. The van der Waals surface area contributed by atoms with Crippen molar-refractivity contribution in [2.45, 2.75) is 6.42 Å². The molecule has 0 saturated heterocycles. The lowest BCUT2D eigenvalue weighted by Gasteiger charge is -2.09. The van der Waals surface area contributed by atoms with Crippen molar-refractivity contribution in [2.75, 3.05) is 13.3 Å². The second-order valence-electron chi connectivity index (χ2n) is 4.55. The number of rotatable bonds is 6. The number of ether oxygens (including phenoxy) is 1. The predicted octanol–water partition coefficient (Wildman–Crippen LogP) is 3.87. The van der Waals surface area contributed by atoms with E-state index in [0.29, 0.717) is 22.3 Å². The Balaban J connectivity index is 1.61. The van der Waals surface area contributed by atoms with Gasteiger partial charge in [-0.2, -0.15) is 0 Å². The van der Waals surface area contributed by atoms with Crippen LogP contribution in [0.2, 0.25) is 10.0 Å². The summed E-state index contributed by atoms with van der Waals surface area (Å²) < 4.78 is 5.36. The summed E-state index contributed by atoms with van der Waals surface area (Å²) in [5, 5.41) is 6.71. The van der Waals surface area contributed by atoms with Crippen molar-refractivity contribution >= 4 is 29.2 Å². The van der Waals surface area contributed by atoms with E-state index in [0.717, 1.165) is 12.0 Å². The van der Waals surface area contributed by atoms with E-state index in [4.69, 9.17) is 27.9 Å². The number of carbonyl (C=O) groups excluding carboxylic acids is 1. The quantitative estimate of drug-likeness (QED) is 0.785. The fraction of sp³-hybridized carbons (Fsp3) is 0.188. The summed E-state index contributed by atoms with van der Waals surface area (Å²) in [6.45, 7) is 0.628. The van der Waals surface area contributed by atoms with Crippen molar-refractivity contribution < 1.29 is 9.53 Å². The first kappa shape index (κ1) is 16.5. The standard InChI is InChI=1S/C16H16Cl2N2O2/c17-13-3-1-12(2-4-13)9-10-19-16(21)20-11-22-15-7-5-14(18)6-8-15/h1-8H,9-11H2,(H2,19,20,21). The molecule has 0 aliphatic carbocycles. The molecule has 0 fully saturated rings. The Labute approximate surface area is 139 Å². The van der Waals surface area contributed by atoms with E-state index in [9.17, 15) is 4.79 Å². The molecule has 0 bridgehead atoms. The summed E-state index contributed by atoms with van der Waals surface area (Å²) in [6.07, 6.45) is 0.739. The Morgan fingerprint density at radius 2 is 1.50 bits per heavy atom. The first-order valence-electron chi connectivity index (χ1n) is 6.78. The highest BCUT2D eigenvalue weighted by atomic mass is 35.5. The molecule has 0 aromatic heterocycles. The first-order chi connectivity index (χ1) is 10.6. The van der Waals surface area contributed by atoms with Crippen LogP contribution in [0.15, 0.2) is 48.5 Å². The third-order valence-corrected chi connectivity index (χ3v) is 3.40. The Hall–Kier alpha value is -1.91. The van der Waals surface area contributed by atoms with E-state index >= 15 is 0 Å². The summed E-state index contributed by atoms with van der Waals surface area (Å²) in [6, 6.07) is 14.2. The lowest BCUT2D eigenvalue weighted by Crippen LogP contribution is -2.38. The molecule has 0 saturated carbocycles. The van der Waals surface area contributed by atoms with Gasteiger partial charge in [0.15, 0.2) is 6.73 Å². The Bertz CT molecular complexity index is 547. The van der Waals surface area contributed by atoms with Crippen LogP contribution in [0.5, 0.6) is 5.75 Å². The van der Waals surface area contributed by atoms with Gasteiger partial charge in [0.05, 0.1) is 0 Å². The van der Waals surface area contributed by atoms with Gasteiger partial charge in [0.25, 0.3) is 0 Å². The molecule has 0 atom stereocenters. The van der Waals surface area contributed by atoms with Gasteiger partial charge in [-0.05, 0) is 48.4 Å². The van der Waals surface area contributed by atoms with Gasteiger partial charge in [0.1, 0.15) is 5.75 Å². The Morgan fingerprint density at radius 3 is 2.14 bits per heavy atom. The molecule has 0 aliphatic heterocycles. The maximum absolute atomic E-state index is 11.6. The molecule has 2 rings (SSSR count). The first-order valence-corrected chi connectivity index (χ1v) is 7.53. The van der Waals surface area contributed by atoms with Gasteiger partial charge in [0.2, 0.25) is 0 Å². The molecular weight excluding hydrogens is 323 g/mol. The zero-order valence-corrected chi connectivity index (χ0v) is 13.3. The minimum absolute atomic E-state index is 0.0917. The molecule has 2 aromatic rings. The van der Waals surface area contributed by atoms with E-state index in [-0.39, 0.29) is 12.8 Å². The summed E-state index contributed by atoms with van der Waals surface area (Å²) in [4.78, 5) is 11.6. The summed E-state index contributed by atoms with van der Waals surface area (Å²) in [5.41, 5.74) is 1.11. The number of halogens is 2. The fourth-order valence-corrected chi connectivity index (χ4v) is 2.00. The highest BCUT2D eigenvalue weighted by Crippen LogP contribution is 2.14. The highest BCUT2D eigenvalue weighted by molar-refractivity contribution is 6.30. The minimum Gasteiger partial charge on any atom is -0.473 e. The van der Waals surface area contributed by atoms with Gasteiger partial charge in [0, 0.05) is 16.6 Å². The highest BCUT2D eigenvalue weighted by Gasteiger charge is 2.00. The van der Waals surface area contributed by atoms with Crippen LogP contribution in [0.4, 0.5) is 4.79 Å². The summed E-state index contributed by atoms with van der Waals surface area (Å²) >= 11 is 11.6. The van der Waals surface area contributed by atoms with Crippen molar-refractivity contribution in [3.63, 3.8) is 0 Å². The topological polar surface area (TPSA) is 50.4 Å². The monoisotopic (exact) mass is 338 g/mol. The second-order valence-corrected chi connectivity index (χ2v) is 5.42. The number of amides is 2. The lowest BCUT2D eigenvalue weighted by atomic mass is 10.1. The van der Waals surface area contributed by atoms with Crippen LogP contribution in [0.1, 0.15) is 5.56 Å². The second kappa shape index (κ2) is 8.51. The molecule has 116 valence electrons. The Morgan fingerprint density at radius 1 is 0.909 bits per heavy atom. The predicted molar refractivity (Wildman–Crippen MR) is 88.6 cm³/mol. The molecule has 0 heterocycles. The number of benzene rings is 2. The zero-order chi connectivity index (χ0) is 15.8. The molecule has 2 aromatic carbocycles. The van der Waals surface area contributed by atoms with Crippen molar-refractivity contribution in [3.05, 3.63) is 64.1 Å². The van der Waals surface area contributed by atoms with Crippen LogP contribution in [0.25, 0.3) is 0 Å². The van der Waals surface area contributed by atoms with Crippen molar-refractivity contribution in [1.29, 1.82) is 0 Å². The van der Waals surface area contributed by atoms with Crippen LogP contribution < -0.4 is 15.4 Å². The van der Waals surface area contributed by atoms with Gasteiger partial charge in [-0.25, -0.2) is 4.79 Å². The average Bonchev–Trinajstić information content (AvgIpc) is 2.51. The number of hydrogen-bond acceptors (Lipinski definition) is 2. The van der Waals surface area contributed by atoms with Crippen molar-refractivity contribution in [2.24, 2.45) is 0 Å². The van der Waals surface area contributed by atoms with Crippen molar-refractivity contribution in [3.8, 4) is 5.75 Å². The molecule has 0 aliphatic rings. The molecular formula is C16H16Cl2N2O2. The van der Waals surface area contributed by atoms with E-state index in [1.807, 2.05) is 24.3 Å². The number of nitrogens with one attached hydrogen (secondary N) is 2. The molecule has 2 amide bonds. The van der Waals surface area contributed by atoms with Crippen LogP contribution in [0, 0.1) is 0 Å². The summed E-state index contributed by atoms with van der Waals surface area (Å²) in [7, 11) is 0. The summed E-state index contributed by atoms with van der Waals surface area (Å²) in [5.74, 6) is 0.644. The van der Waals surface area contributed by atoms with Gasteiger partial charge < -0.3 is 15.4 Å². The number of carbonyl (C=O) groups is 1. The SMILES string of the molecule is O=C(NCCc1ccc(Cl)cc1)NCOc1ccc(Cl)cc1. The van der Waals surface area contributed by atoms with E-state index in [2.05, 4.69) is 10.6 Å². The van der Waals surface area contributed by atoms with Crippen LogP contribution in [-0.4, -0.2) is 19.3 Å². The fourth-order valence-electron chi connectivity index (χ4n) is 1.75. The lowest BCUT2D eigenvalue weighted by molar-refractivity contribution is 0.224. The maximum atomic E-state index is 11.6. The normalized spacial score (nSPS) is 10.1.